The van der Waals surface area contributed by atoms with Crippen molar-refractivity contribution in [2.24, 2.45) is 0 Å². The molecule has 3 rings (SSSR count). The highest BCUT2D eigenvalue weighted by Gasteiger charge is 2.43. The molecule has 0 saturated heterocycles. The van der Waals surface area contributed by atoms with E-state index in [-0.39, 0.29) is 11.7 Å². The lowest BCUT2D eigenvalue weighted by Crippen LogP contribution is -2.42. The van der Waals surface area contributed by atoms with Crippen molar-refractivity contribution in [3.05, 3.63) is 65.5 Å². The number of amides is 2. The van der Waals surface area contributed by atoms with Crippen LogP contribution in [0, 0.1) is 5.82 Å². The Morgan fingerprint density at radius 2 is 1.74 bits per heavy atom. The highest BCUT2D eigenvalue weighted by Crippen LogP contribution is 2.37. The van der Waals surface area contributed by atoms with Crippen LogP contribution in [0.1, 0.15) is 37.9 Å². The number of nitrogens with zero attached hydrogens (tertiary/aromatic N) is 2. The quantitative estimate of drug-likeness (QED) is 0.726. The summed E-state index contributed by atoms with van der Waals surface area (Å²) in [5.74, 6) is -1.93. The lowest BCUT2D eigenvalue weighted by molar-refractivity contribution is -0.126. The molecule has 1 heterocycles. The van der Waals surface area contributed by atoms with Crippen LogP contribution in [-0.2, 0) is 16.1 Å². The molecule has 1 unspecified atom stereocenters. The number of halogens is 2. The van der Waals surface area contributed by atoms with Gasteiger partial charge in [0.05, 0.1) is 6.54 Å². The molecule has 0 aromatic heterocycles. The molecular weight excluding hydrogens is 354 g/mol. The van der Waals surface area contributed by atoms with Crippen LogP contribution in [0.2, 0.25) is 0 Å². The first kappa shape index (κ1) is 18.8. The minimum atomic E-state index is -1.24. The Morgan fingerprint density at radius 1 is 1.11 bits per heavy atom. The Labute approximate surface area is 156 Å². The summed E-state index contributed by atoms with van der Waals surface area (Å²) in [6.07, 6.45) is -0.737. The Hall–Kier alpha value is -2.96. The third kappa shape index (κ3) is 3.77. The SMILES string of the molecule is CC(C)(C)OC(=O)N1Cc2ccccc2C1C(=O)N(F)c1ccccc1F. The molecule has 142 valence electrons. The number of carbonyl (C=O) groups excluding carboxylic acids is 2. The molecule has 2 aromatic carbocycles. The van der Waals surface area contributed by atoms with Crippen LogP contribution in [0.5, 0.6) is 0 Å². The van der Waals surface area contributed by atoms with E-state index in [0.717, 1.165) is 17.0 Å². The maximum Gasteiger partial charge on any atom is 0.411 e. The van der Waals surface area contributed by atoms with Gasteiger partial charge in [0.15, 0.2) is 0 Å². The first-order chi connectivity index (χ1) is 12.7. The predicted molar refractivity (Wildman–Crippen MR) is 96.0 cm³/mol. The highest BCUT2D eigenvalue weighted by atomic mass is 19.2. The van der Waals surface area contributed by atoms with Crippen LogP contribution < -0.4 is 5.12 Å². The van der Waals surface area contributed by atoms with Gasteiger partial charge in [0, 0.05) is 0 Å². The molecule has 1 aliphatic heterocycles. The molecule has 0 aliphatic carbocycles. The van der Waals surface area contributed by atoms with Crippen LogP contribution in [-0.4, -0.2) is 22.5 Å². The first-order valence-electron chi connectivity index (χ1n) is 8.51. The van der Waals surface area contributed by atoms with E-state index in [2.05, 4.69) is 0 Å². The number of hydrogen-bond donors (Lipinski definition) is 0. The molecule has 2 aromatic rings. The fourth-order valence-electron chi connectivity index (χ4n) is 2.98. The second-order valence-corrected chi connectivity index (χ2v) is 7.28. The minimum Gasteiger partial charge on any atom is -0.444 e. The Balaban J connectivity index is 1.96. The predicted octanol–water partition coefficient (Wildman–Crippen LogP) is 4.54. The number of ether oxygens (including phenoxy) is 1. The molecule has 0 radical (unpaired) electrons. The van der Waals surface area contributed by atoms with E-state index in [1.165, 1.54) is 12.1 Å². The molecule has 0 saturated carbocycles. The zero-order chi connectivity index (χ0) is 19.8. The zero-order valence-corrected chi connectivity index (χ0v) is 15.3. The van der Waals surface area contributed by atoms with Crippen LogP contribution in [0.3, 0.4) is 0 Å². The molecular formula is C20H20F2N2O3. The second-order valence-electron chi connectivity index (χ2n) is 7.28. The lowest BCUT2D eigenvalue weighted by atomic mass is 10.0. The maximum absolute atomic E-state index is 14.8. The van der Waals surface area contributed by atoms with Crippen molar-refractivity contribution in [3.63, 3.8) is 0 Å². The smallest absolute Gasteiger partial charge is 0.411 e. The van der Waals surface area contributed by atoms with Gasteiger partial charge < -0.3 is 4.74 Å². The fraction of sp³-hybridized carbons (Fsp3) is 0.300. The molecule has 0 fully saturated rings. The summed E-state index contributed by atoms with van der Waals surface area (Å²) >= 11 is 0. The molecule has 0 N–H and O–H groups in total. The van der Waals surface area contributed by atoms with E-state index in [1.807, 2.05) is 0 Å². The van der Waals surface area contributed by atoms with E-state index < -0.39 is 35.1 Å². The van der Waals surface area contributed by atoms with Gasteiger partial charge in [-0.15, -0.1) is 5.12 Å². The van der Waals surface area contributed by atoms with E-state index in [9.17, 15) is 18.5 Å². The van der Waals surface area contributed by atoms with Gasteiger partial charge in [-0.3, -0.25) is 9.69 Å². The van der Waals surface area contributed by atoms with Crippen molar-refractivity contribution >= 4 is 17.7 Å². The standard InChI is InChI=1S/C20H20F2N2O3/c1-20(2,3)27-19(26)23-12-13-8-4-5-9-14(13)17(23)18(25)24(22)16-11-7-6-10-15(16)21/h4-11,17H,12H2,1-3H3. The summed E-state index contributed by atoms with van der Waals surface area (Å²) < 4.78 is 34.1. The molecule has 0 bridgehead atoms. The summed E-state index contributed by atoms with van der Waals surface area (Å²) in [6.45, 7) is 5.20. The van der Waals surface area contributed by atoms with E-state index in [1.54, 1.807) is 45.0 Å². The van der Waals surface area contributed by atoms with Crippen LogP contribution in [0.25, 0.3) is 0 Å². The summed E-state index contributed by atoms with van der Waals surface area (Å²) in [4.78, 5) is 26.6. The van der Waals surface area contributed by atoms with Gasteiger partial charge in [0.2, 0.25) is 0 Å². The second kappa shape index (κ2) is 6.98. The highest BCUT2D eigenvalue weighted by molar-refractivity contribution is 5.98. The molecule has 2 amide bonds. The van der Waals surface area contributed by atoms with E-state index in [4.69, 9.17) is 4.74 Å². The Morgan fingerprint density at radius 3 is 2.41 bits per heavy atom. The maximum atomic E-state index is 14.8. The van der Waals surface area contributed by atoms with Gasteiger partial charge in [-0.2, -0.15) is 0 Å². The average molecular weight is 374 g/mol. The fourth-order valence-corrected chi connectivity index (χ4v) is 2.98. The Kier molecular flexibility index (Phi) is 4.87. The van der Waals surface area contributed by atoms with Gasteiger partial charge in [0.25, 0.3) is 5.91 Å². The van der Waals surface area contributed by atoms with Gasteiger partial charge in [0.1, 0.15) is 23.1 Å². The van der Waals surface area contributed by atoms with Crippen molar-refractivity contribution in [2.75, 3.05) is 5.12 Å². The van der Waals surface area contributed by atoms with Crippen molar-refractivity contribution < 1.29 is 23.2 Å². The summed E-state index contributed by atoms with van der Waals surface area (Å²) in [5, 5.41) is -0.251. The van der Waals surface area contributed by atoms with E-state index >= 15 is 0 Å². The van der Waals surface area contributed by atoms with Crippen LogP contribution >= 0.6 is 0 Å². The Bertz CT molecular complexity index is 880. The number of benzene rings is 2. The van der Waals surface area contributed by atoms with Crippen molar-refractivity contribution in [2.45, 2.75) is 39.0 Å². The topological polar surface area (TPSA) is 49.9 Å². The van der Waals surface area contributed by atoms with Crippen LogP contribution in [0.15, 0.2) is 48.5 Å². The largest absolute Gasteiger partial charge is 0.444 e. The van der Waals surface area contributed by atoms with Crippen LogP contribution in [0.4, 0.5) is 19.4 Å². The van der Waals surface area contributed by atoms with Gasteiger partial charge in [-0.25, -0.2) is 9.18 Å². The molecule has 0 spiro atoms. The molecule has 7 heteroatoms. The number of para-hydroxylation sites is 1. The molecule has 27 heavy (non-hydrogen) atoms. The van der Waals surface area contributed by atoms with Crippen molar-refractivity contribution in [1.82, 2.24) is 4.90 Å². The summed E-state index contributed by atoms with van der Waals surface area (Å²) in [7, 11) is 0. The third-order valence-corrected chi connectivity index (χ3v) is 4.12. The average Bonchev–Trinajstić information content (AvgIpc) is 2.99. The number of rotatable bonds is 2. The van der Waals surface area contributed by atoms with E-state index in [0.29, 0.717) is 11.1 Å². The minimum absolute atomic E-state index is 0.104. The lowest BCUT2D eigenvalue weighted by Gasteiger charge is -2.29. The molecule has 1 atom stereocenters. The zero-order valence-electron chi connectivity index (χ0n) is 15.3. The normalized spacial score (nSPS) is 16.0. The van der Waals surface area contributed by atoms with Crippen molar-refractivity contribution in [3.8, 4) is 0 Å². The number of hydrogen-bond acceptors (Lipinski definition) is 3. The number of anilines is 1. The van der Waals surface area contributed by atoms with Crippen molar-refractivity contribution in [1.29, 1.82) is 0 Å². The summed E-state index contributed by atoms with van der Waals surface area (Å²) in [6, 6.07) is 10.7. The number of fused-ring (bicyclic) bond motifs is 1. The monoisotopic (exact) mass is 374 g/mol. The first-order valence-corrected chi connectivity index (χ1v) is 8.51. The summed E-state index contributed by atoms with van der Waals surface area (Å²) in [5.41, 5.74) is -0.0764. The van der Waals surface area contributed by atoms with Gasteiger partial charge >= 0.3 is 6.09 Å². The molecule has 5 nitrogen and oxygen atoms in total. The van der Waals surface area contributed by atoms with Gasteiger partial charge in [-0.1, -0.05) is 40.9 Å². The number of carbonyl (C=O) groups is 2. The van der Waals surface area contributed by atoms with Gasteiger partial charge in [-0.05, 0) is 44.0 Å². The third-order valence-electron chi connectivity index (χ3n) is 4.12. The molecule has 1 aliphatic rings.